The number of rotatable bonds is 20. The van der Waals surface area contributed by atoms with Crippen LogP contribution in [0.4, 0.5) is 28.4 Å². The molecule has 0 unspecified atom stereocenters. The Labute approximate surface area is 588 Å². The molecule has 0 aliphatic rings. The highest BCUT2D eigenvalue weighted by Crippen LogP contribution is 2.41. The van der Waals surface area contributed by atoms with Gasteiger partial charge < -0.3 is 28.2 Å². The maximum absolute atomic E-state index is 7.42. The highest BCUT2D eigenvalue weighted by Gasteiger charge is 2.20. The third-order valence-corrected chi connectivity index (χ3v) is 15.9. The van der Waals surface area contributed by atoms with Crippen LogP contribution in [-0.2, 0) is 49.3 Å². The van der Waals surface area contributed by atoms with E-state index in [1.807, 2.05) is 121 Å². The lowest BCUT2D eigenvalue weighted by Crippen LogP contribution is -2.09. The lowest BCUT2D eigenvalue weighted by Gasteiger charge is -2.25. The van der Waals surface area contributed by atoms with Crippen LogP contribution in [0.25, 0.3) is 101 Å². The summed E-state index contributed by atoms with van der Waals surface area (Å²) in [6.07, 6.45) is 0. The second kappa shape index (κ2) is 34.2. The molecule has 498 valence electrons. The van der Waals surface area contributed by atoms with Gasteiger partial charge >= 0.3 is 0 Å². The second-order valence-corrected chi connectivity index (χ2v) is 22.4. The van der Waals surface area contributed by atoms with Crippen LogP contribution in [0.3, 0.4) is 0 Å². The highest BCUT2D eigenvalue weighted by molar-refractivity contribution is 9.10. The predicted molar refractivity (Wildman–Crippen MR) is 387 cm³/mol. The van der Waals surface area contributed by atoms with Gasteiger partial charge in [-0.3, -0.25) is 0 Å². The minimum absolute atomic E-state index is 0. The summed E-state index contributed by atoms with van der Waals surface area (Å²) < 4.78 is 21.0. The zero-order valence-electron chi connectivity index (χ0n) is 51.8. The minimum Gasteiger partial charge on any atom is -0.416 e. The predicted octanol–water partition coefficient (Wildman–Crippen LogP) is 21.5. The maximum Gasteiger partial charge on any atom is 0.248 e. The molecule has 0 bridgehead atoms. The van der Waals surface area contributed by atoms with Gasteiger partial charge in [0.25, 0.3) is 0 Å². The smallest absolute Gasteiger partial charge is 0.248 e. The molecule has 0 spiro atoms. The number of anilines is 5. The summed E-state index contributed by atoms with van der Waals surface area (Å²) in [7, 11) is 0. The Morgan fingerprint density at radius 2 is 0.690 bits per heavy atom. The largest absolute Gasteiger partial charge is 0.416 e. The Morgan fingerprint density at radius 1 is 0.330 bits per heavy atom. The number of hydrogen-bond acceptors (Lipinski definition) is 19. The zero-order valence-corrected chi connectivity index (χ0v) is 54.9. The van der Waals surface area contributed by atoms with Crippen molar-refractivity contribution in [1.82, 2.24) is 29.5 Å². The standard InChI is InChI=1S/C38H26N4O.C24H18N2.C14H9BrN2O.CH4.BrHO11/c1-4-12-27(13-5-1)37-39-40-38(43-37)28-20-22-31(23-21-28)41(29-14-6-2-7-15-29)32-24-25-36-34(26-32)33-18-10-11-19-35(33)42(36)30-16-8-3-9-17-30;1-3-9-18(10-4-1)25-19-15-16-24-22(17-19)21-13-7-8-14-23(21)26(24)20-11-5-2-6-12-20;15-12-8-6-11(7-9-12)14-17-16-13(18-14)10-4-2-1-3-5-10;;1-3-5-7-9-11-12-10-8-6-4-2/h1-26H;1-17,25H;1-9H;1H4;2H. The van der Waals surface area contributed by atoms with Crippen LogP contribution < -0.4 is 10.2 Å². The lowest BCUT2D eigenvalue weighted by molar-refractivity contribution is -0.851. The van der Waals surface area contributed by atoms with E-state index in [1.54, 1.807) is 0 Å². The molecule has 0 aliphatic heterocycles. The molecule has 0 saturated carbocycles. The molecule has 12 aromatic carbocycles. The van der Waals surface area contributed by atoms with Gasteiger partial charge in [0.2, 0.25) is 23.6 Å². The summed E-state index contributed by atoms with van der Waals surface area (Å²) in [5.74, 6) is 2.07. The molecule has 0 fully saturated rings. The van der Waals surface area contributed by atoms with E-state index in [4.69, 9.17) is 14.1 Å². The summed E-state index contributed by atoms with van der Waals surface area (Å²) in [5, 5.41) is 62.9. The first-order chi connectivity index (χ1) is 49.0. The fourth-order valence-corrected chi connectivity index (χ4v) is 11.4. The first kappa shape index (κ1) is 68.6. The molecule has 21 nitrogen and oxygen atoms in total. The number of hydrogen-bond donors (Lipinski definition) is 2. The molecule has 23 heteroatoms. The summed E-state index contributed by atoms with van der Waals surface area (Å²) in [6.45, 7) is 0. The first-order valence-electron chi connectivity index (χ1n) is 30.4. The van der Waals surface area contributed by atoms with E-state index in [0.717, 1.165) is 60.9 Å². The molecular formula is C77H58Br2N8O13. The highest BCUT2D eigenvalue weighted by atomic mass is 79.9. The molecule has 0 amide bonds. The Bertz CT molecular complexity index is 5170. The number of para-hydroxylation sites is 6. The molecule has 0 radical (unpaired) electrons. The van der Waals surface area contributed by atoms with Gasteiger partial charge in [-0.25, -0.2) is 5.26 Å². The van der Waals surface area contributed by atoms with Gasteiger partial charge in [0.05, 0.1) is 22.1 Å². The number of fused-ring (bicyclic) bond motifs is 6. The van der Waals surface area contributed by atoms with Crippen molar-refractivity contribution >= 4 is 104 Å². The van der Waals surface area contributed by atoms with E-state index in [1.165, 1.54) is 49.3 Å². The fraction of sp³-hybridized carbons (Fsp3) is 0.0130. The molecule has 0 atom stereocenters. The molecule has 16 rings (SSSR count). The molecule has 100 heavy (non-hydrogen) atoms. The van der Waals surface area contributed by atoms with Gasteiger partial charge in [0.1, 0.15) is 16.3 Å². The van der Waals surface area contributed by atoms with Gasteiger partial charge in [-0.2, -0.15) is 0 Å². The SMILES string of the molecule is Brc1ccc(-c2nnc(-c3ccccc3)o2)cc1.C.OOOOOOOOOOOBr.c1ccc(-c2nnc(-c3ccc(N(c4ccccc4)c4ccc5c(c4)c4ccccc4n5-c4ccccc4)cc3)o2)cc1.c1ccc(Nc2ccc3c(c2)c2ccccc2n3-c2ccccc2)cc1. The van der Waals surface area contributed by atoms with Crippen LogP contribution >= 0.6 is 32.2 Å². The maximum atomic E-state index is 7.42. The van der Waals surface area contributed by atoms with E-state index in [2.05, 4.69) is 315 Å². The normalized spacial score (nSPS) is 10.9. The number of nitrogens with one attached hydrogen (secondary N) is 1. The molecule has 4 aromatic heterocycles. The van der Waals surface area contributed by atoms with Gasteiger partial charge in [-0.05, 0) is 215 Å². The molecule has 0 aliphatic carbocycles. The van der Waals surface area contributed by atoms with Crippen LogP contribution in [0.2, 0.25) is 0 Å². The molecular weight excluding hydrogens is 1400 g/mol. The number of aromatic nitrogens is 6. The second-order valence-electron chi connectivity index (χ2n) is 21.3. The van der Waals surface area contributed by atoms with Crippen molar-refractivity contribution in [3.05, 3.63) is 320 Å². The monoisotopic (exact) mass is 1460 g/mol. The van der Waals surface area contributed by atoms with Crippen molar-refractivity contribution in [3.63, 3.8) is 0 Å². The van der Waals surface area contributed by atoms with E-state index in [9.17, 15) is 0 Å². The van der Waals surface area contributed by atoms with Crippen molar-refractivity contribution in [1.29, 1.82) is 0 Å². The van der Waals surface area contributed by atoms with Crippen molar-refractivity contribution in [2.45, 2.75) is 7.43 Å². The van der Waals surface area contributed by atoms with Gasteiger partial charge in [-0.1, -0.05) is 169 Å². The fourth-order valence-electron chi connectivity index (χ4n) is 11.1. The third-order valence-electron chi connectivity index (χ3n) is 15.3. The lowest BCUT2D eigenvalue weighted by atomic mass is 10.1. The van der Waals surface area contributed by atoms with E-state index < -0.39 is 0 Å². The zero-order chi connectivity index (χ0) is 67.4. The van der Waals surface area contributed by atoms with Gasteiger partial charge in [0.15, 0.2) is 0 Å². The number of nitrogens with zero attached hydrogens (tertiary/aromatic N) is 7. The average molecular weight is 1460 g/mol. The quantitative estimate of drug-likeness (QED) is 0.0412. The van der Waals surface area contributed by atoms with Gasteiger partial charge in [0, 0.05) is 88.1 Å². The van der Waals surface area contributed by atoms with E-state index in [-0.39, 0.29) is 7.43 Å². The Hall–Kier alpha value is -11.4. The average Bonchev–Trinajstić information content (AvgIpc) is 1.60. The van der Waals surface area contributed by atoms with Crippen LogP contribution in [0.1, 0.15) is 7.43 Å². The molecule has 0 saturated heterocycles. The van der Waals surface area contributed by atoms with E-state index >= 15 is 0 Å². The Kier molecular flexibility index (Phi) is 23.5. The Balaban J connectivity index is 0.000000141. The number of halogens is 2. The van der Waals surface area contributed by atoms with Crippen molar-refractivity contribution in [2.24, 2.45) is 0 Å². The number of benzene rings is 12. The molecule has 16 aromatic rings. The summed E-state index contributed by atoms with van der Waals surface area (Å²) in [5.41, 5.74) is 16.1. The topological polar surface area (TPSA) is 216 Å². The van der Waals surface area contributed by atoms with Crippen LogP contribution in [-0.4, -0.2) is 34.8 Å². The minimum atomic E-state index is 0. The van der Waals surface area contributed by atoms with Crippen LogP contribution in [0.15, 0.2) is 329 Å². The van der Waals surface area contributed by atoms with Crippen molar-refractivity contribution in [2.75, 3.05) is 10.2 Å². The summed E-state index contributed by atoms with van der Waals surface area (Å²) in [6, 6.07) is 108. The van der Waals surface area contributed by atoms with Crippen molar-refractivity contribution in [3.8, 4) is 57.2 Å². The first-order valence-corrected chi connectivity index (χ1v) is 31.8. The van der Waals surface area contributed by atoms with Crippen LogP contribution in [0, 0.1) is 0 Å². The summed E-state index contributed by atoms with van der Waals surface area (Å²) >= 11 is 5.70. The molecule has 4 heterocycles. The summed E-state index contributed by atoms with van der Waals surface area (Å²) in [4.78, 5) is 2.28. The Morgan fingerprint density at radius 3 is 1.17 bits per heavy atom. The van der Waals surface area contributed by atoms with E-state index in [0.29, 0.717) is 23.6 Å². The molecule has 2 N–H and O–H groups in total. The van der Waals surface area contributed by atoms with Crippen molar-refractivity contribution < 1.29 is 63.4 Å². The van der Waals surface area contributed by atoms with Crippen LogP contribution in [0.5, 0.6) is 0 Å². The van der Waals surface area contributed by atoms with Gasteiger partial charge in [-0.15, -0.1) is 24.4 Å². The third kappa shape index (κ3) is 16.6.